The van der Waals surface area contributed by atoms with Crippen molar-refractivity contribution in [1.82, 2.24) is 5.32 Å². The Labute approximate surface area is 316 Å². The Kier molecular flexibility index (Phi) is 35.0. The van der Waals surface area contributed by atoms with E-state index in [1.54, 1.807) is 0 Å². The number of unbranched alkanes of at least 4 members (excludes halogenated alkanes) is 23. The van der Waals surface area contributed by atoms with Gasteiger partial charge in [-0.1, -0.05) is 154 Å². The van der Waals surface area contributed by atoms with Gasteiger partial charge in [0.25, 0.3) is 0 Å². The van der Waals surface area contributed by atoms with E-state index in [0.29, 0.717) is 12.8 Å². The molecule has 0 aliphatic carbocycles. The second-order valence-electron chi connectivity index (χ2n) is 14.2. The second kappa shape index (κ2) is 36.2. The first kappa shape index (κ1) is 50.2. The van der Waals surface area contributed by atoms with Crippen molar-refractivity contribution in [2.45, 2.75) is 206 Å². The van der Waals surface area contributed by atoms with Crippen LogP contribution in [0.4, 0.5) is 0 Å². The minimum absolute atomic E-state index is 0.150. The summed E-state index contributed by atoms with van der Waals surface area (Å²) in [6.07, 6.45) is 33.8. The number of aliphatic hydroxyl groups excluding tert-OH is 1. The van der Waals surface area contributed by atoms with Gasteiger partial charge in [0.05, 0.1) is 13.2 Å². The summed E-state index contributed by atoms with van der Waals surface area (Å²) in [6, 6.07) is -1.54. The molecule has 0 aromatic carbocycles. The Hall–Kier alpha value is -1.78. The zero-order valence-corrected chi connectivity index (χ0v) is 33.8. The van der Waals surface area contributed by atoms with Crippen LogP contribution in [-0.4, -0.2) is 64.9 Å². The average molecular weight is 762 g/mol. The largest absolute Gasteiger partial charge is 0.480 e. The third kappa shape index (κ3) is 35.3. The number of ether oxygens (including phenoxy) is 1. The fourth-order valence-corrected chi connectivity index (χ4v) is 6.55. The smallest absolute Gasteiger partial charge is 0.472 e. The minimum atomic E-state index is -4.75. The number of aliphatic carboxylic acids is 1. The van der Waals surface area contributed by atoms with E-state index >= 15 is 0 Å². The summed E-state index contributed by atoms with van der Waals surface area (Å²) in [5.41, 5.74) is 0. The number of carbonyl (C=O) groups is 3. The molecule has 0 bridgehead atoms. The zero-order chi connectivity index (χ0) is 38.5. The Morgan fingerprint density at radius 2 is 1.00 bits per heavy atom. The molecule has 52 heavy (non-hydrogen) atoms. The number of aliphatic hydroxyl groups is 1. The molecule has 0 aliphatic rings. The van der Waals surface area contributed by atoms with Gasteiger partial charge in [-0.15, -0.1) is 0 Å². The van der Waals surface area contributed by atoms with E-state index in [9.17, 15) is 34.1 Å². The molecular weight excluding hydrogens is 685 g/mol. The first-order chi connectivity index (χ1) is 25.1. The van der Waals surface area contributed by atoms with Gasteiger partial charge in [-0.25, -0.2) is 9.36 Å². The van der Waals surface area contributed by atoms with Gasteiger partial charge >= 0.3 is 19.8 Å². The molecule has 0 aromatic rings. The van der Waals surface area contributed by atoms with Crippen LogP contribution in [-0.2, 0) is 32.7 Å². The summed E-state index contributed by atoms with van der Waals surface area (Å²) in [4.78, 5) is 45.8. The van der Waals surface area contributed by atoms with Gasteiger partial charge in [0, 0.05) is 12.8 Å². The quantitative estimate of drug-likeness (QED) is 0.0205. The first-order valence-electron chi connectivity index (χ1n) is 20.7. The van der Waals surface area contributed by atoms with Gasteiger partial charge < -0.3 is 25.2 Å². The maximum atomic E-state index is 12.3. The van der Waals surface area contributed by atoms with Gasteiger partial charge in [0.15, 0.2) is 6.04 Å². The van der Waals surface area contributed by atoms with Crippen molar-refractivity contribution in [2.75, 3.05) is 19.8 Å². The van der Waals surface area contributed by atoms with Crippen molar-refractivity contribution in [2.24, 2.45) is 0 Å². The number of phosphoric acid groups is 1. The summed E-state index contributed by atoms with van der Waals surface area (Å²) < 4.78 is 26.8. The Morgan fingerprint density at radius 1 is 0.596 bits per heavy atom. The molecule has 306 valence electrons. The maximum absolute atomic E-state index is 12.3. The van der Waals surface area contributed by atoms with Crippen molar-refractivity contribution in [3.63, 3.8) is 0 Å². The van der Waals surface area contributed by atoms with Crippen molar-refractivity contribution < 1.29 is 47.8 Å². The van der Waals surface area contributed by atoms with E-state index in [1.807, 2.05) is 0 Å². The van der Waals surface area contributed by atoms with Crippen LogP contribution < -0.4 is 5.32 Å². The number of phosphoric ester groups is 1. The van der Waals surface area contributed by atoms with E-state index in [1.165, 1.54) is 96.3 Å². The van der Waals surface area contributed by atoms with E-state index in [2.05, 4.69) is 31.3 Å². The highest BCUT2D eigenvalue weighted by molar-refractivity contribution is 7.47. The third-order valence-electron chi connectivity index (χ3n) is 9.05. The van der Waals surface area contributed by atoms with Crippen LogP contribution in [0.1, 0.15) is 194 Å². The number of carboxylic acid groups (broad SMARTS) is 1. The summed E-state index contributed by atoms with van der Waals surface area (Å²) in [7, 11) is -4.75. The lowest BCUT2D eigenvalue weighted by molar-refractivity contribution is -0.147. The fourth-order valence-electron chi connectivity index (χ4n) is 5.78. The highest BCUT2D eigenvalue weighted by Gasteiger charge is 2.28. The average Bonchev–Trinajstić information content (AvgIpc) is 3.11. The summed E-state index contributed by atoms with van der Waals surface area (Å²) in [6.45, 7) is 2.57. The van der Waals surface area contributed by atoms with Gasteiger partial charge in [-0.3, -0.25) is 18.6 Å². The normalized spacial score (nSPS) is 13.9. The number of nitrogens with one attached hydrogen (secondary N) is 1. The Balaban J connectivity index is 3.92. The number of carbonyl (C=O) groups excluding carboxylic acids is 2. The van der Waals surface area contributed by atoms with Crippen LogP contribution in [0.3, 0.4) is 0 Å². The van der Waals surface area contributed by atoms with Crippen LogP contribution in [0.5, 0.6) is 0 Å². The van der Waals surface area contributed by atoms with E-state index in [4.69, 9.17) is 13.8 Å². The summed E-state index contributed by atoms with van der Waals surface area (Å²) in [5.74, 6) is -2.37. The molecule has 0 aromatic heterocycles. The molecule has 0 saturated carbocycles. The molecule has 3 unspecified atom stereocenters. The number of rotatable bonds is 39. The van der Waals surface area contributed by atoms with Crippen LogP contribution in [0.25, 0.3) is 0 Å². The highest BCUT2D eigenvalue weighted by Crippen LogP contribution is 2.43. The Morgan fingerprint density at radius 3 is 1.46 bits per heavy atom. The molecule has 1 amide bonds. The monoisotopic (exact) mass is 762 g/mol. The Bertz CT molecular complexity index is 947. The summed E-state index contributed by atoms with van der Waals surface area (Å²) in [5, 5.41) is 21.8. The molecule has 0 saturated heterocycles. The molecule has 0 fully saturated rings. The highest BCUT2D eigenvalue weighted by atomic mass is 31.2. The lowest BCUT2D eigenvalue weighted by Crippen LogP contribution is -2.43. The molecule has 0 rings (SSSR count). The van der Waals surface area contributed by atoms with Crippen molar-refractivity contribution in [1.29, 1.82) is 0 Å². The number of esters is 1. The third-order valence-corrected chi connectivity index (χ3v) is 10.0. The SMILES string of the molecule is CCCCCCCC/C=C\CCCCCCCC(=O)OCC(O)COP(=O)(O)OCC(NC(=O)CCCCCCCCCCCCCCC)C(=O)O. The van der Waals surface area contributed by atoms with Crippen LogP contribution in [0.2, 0.25) is 0 Å². The molecule has 0 spiro atoms. The van der Waals surface area contributed by atoms with Gasteiger partial charge in [-0.05, 0) is 38.5 Å². The zero-order valence-electron chi connectivity index (χ0n) is 32.9. The fraction of sp³-hybridized carbons (Fsp3) is 0.875. The van der Waals surface area contributed by atoms with Gasteiger partial charge in [0.1, 0.15) is 12.7 Å². The lowest BCUT2D eigenvalue weighted by atomic mass is 10.0. The number of amides is 1. The second-order valence-corrected chi connectivity index (χ2v) is 15.6. The molecule has 4 N–H and O–H groups in total. The lowest BCUT2D eigenvalue weighted by Gasteiger charge is -2.18. The van der Waals surface area contributed by atoms with Crippen LogP contribution >= 0.6 is 7.82 Å². The number of allylic oxidation sites excluding steroid dienone is 2. The van der Waals surface area contributed by atoms with E-state index in [0.717, 1.165) is 57.8 Å². The minimum Gasteiger partial charge on any atom is -0.480 e. The van der Waals surface area contributed by atoms with Crippen molar-refractivity contribution in [3.05, 3.63) is 12.2 Å². The van der Waals surface area contributed by atoms with Crippen molar-refractivity contribution in [3.8, 4) is 0 Å². The molecule has 3 atom stereocenters. The van der Waals surface area contributed by atoms with E-state index in [-0.39, 0.29) is 12.8 Å². The molecule has 0 heterocycles. The topological polar surface area (TPSA) is 169 Å². The molecule has 12 heteroatoms. The number of hydrogen-bond acceptors (Lipinski definition) is 8. The number of carboxylic acids is 1. The molecule has 0 aliphatic heterocycles. The van der Waals surface area contributed by atoms with Crippen molar-refractivity contribution >= 4 is 25.7 Å². The summed E-state index contributed by atoms with van der Waals surface area (Å²) >= 11 is 0. The van der Waals surface area contributed by atoms with Crippen LogP contribution in [0.15, 0.2) is 12.2 Å². The molecule has 0 radical (unpaired) electrons. The van der Waals surface area contributed by atoms with E-state index < -0.39 is 57.6 Å². The predicted molar refractivity (Wildman–Crippen MR) is 208 cm³/mol. The standard InChI is InChI=1S/C40H76NO10P/c1-3-5-7-9-11-13-15-17-18-20-22-24-26-28-30-32-39(44)49-33-36(42)34-50-52(47,48)51-35-37(40(45)46)41-38(43)31-29-27-25-23-21-19-16-14-12-10-8-6-4-2/h17-18,36-37,42H,3-16,19-35H2,1-2H3,(H,41,43)(H,45,46)(H,47,48)/b18-17-. The first-order valence-corrected chi connectivity index (χ1v) is 22.2. The van der Waals surface area contributed by atoms with Crippen LogP contribution in [0, 0.1) is 0 Å². The van der Waals surface area contributed by atoms with Gasteiger partial charge in [-0.2, -0.15) is 0 Å². The predicted octanol–water partition coefficient (Wildman–Crippen LogP) is 10.1. The van der Waals surface area contributed by atoms with Gasteiger partial charge in [0.2, 0.25) is 5.91 Å². The maximum Gasteiger partial charge on any atom is 0.472 e. The molecule has 11 nitrogen and oxygen atoms in total. The molecular formula is C40H76NO10P. The number of hydrogen-bond donors (Lipinski definition) is 4.